The van der Waals surface area contributed by atoms with Gasteiger partial charge in [-0.1, -0.05) is 0 Å². The van der Waals surface area contributed by atoms with E-state index in [1.165, 1.54) is 0 Å². The molecule has 1 aliphatic rings. The molecular weight excluding hydrogens is 360 g/mol. The van der Waals surface area contributed by atoms with Crippen LogP contribution in [0.5, 0.6) is 0 Å². The van der Waals surface area contributed by atoms with E-state index in [9.17, 15) is 0 Å². The largest absolute Gasteiger partial charge is 0.397 e. The highest BCUT2D eigenvalue weighted by Crippen LogP contribution is 2.41. The highest BCUT2D eigenvalue weighted by atomic mass is 29.6. The molecular formula is C15H36O6Si3. The molecule has 0 aromatic carbocycles. The normalized spacial score (nSPS) is 21.8. The first kappa shape index (κ1) is 22.5. The maximum absolute atomic E-state index is 6.30. The van der Waals surface area contributed by atoms with Gasteiger partial charge in [0, 0.05) is 51.7 Å². The van der Waals surface area contributed by atoms with Crippen molar-refractivity contribution in [3.8, 4) is 0 Å². The fourth-order valence-electron chi connectivity index (χ4n) is 3.73. The van der Waals surface area contributed by atoms with Crippen LogP contribution in [0.1, 0.15) is 41.5 Å². The molecule has 144 valence electrons. The summed E-state index contributed by atoms with van der Waals surface area (Å²) in [5, 5.41) is 0. The van der Waals surface area contributed by atoms with Crippen LogP contribution < -0.4 is 0 Å². The van der Waals surface area contributed by atoms with Gasteiger partial charge in [0.2, 0.25) is 0 Å². The van der Waals surface area contributed by atoms with Crippen molar-refractivity contribution in [1.82, 2.24) is 0 Å². The fourth-order valence-corrected chi connectivity index (χ4v) is 32.9. The van der Waals surface area contributed by atoms with Crippen molar-refractivity contribution >= 4 is 24.7 Å². The Morgan fingerprint density at radius 2 is 0.958 bits per heavy atom. The maximum atomic E-state index is 6.30. The lowest BCUT2D eigenvalue weighted by atomic mass is 10.3. The van der Waals surface area contributed by atoms with Gasteiger partial charge in [0.1, 0.15) is 8.55 Å². The van der Waals surface area contributed by atoms with Crippen LogP contribution in [-0.4, -0.2) is 70.1 Å². The van der Waals surface area contributed by atoms with Crippen LogP contribution in [0, 0.1) is 0 Å². The predicted octanol–water partition coefficient (Wildman–Crippen LogP) is 1.96. The summed E-state index contributed by atoms with van der Waals surface area (Å²) >= 11 is 0. The van der Waals surface area contributed by atoms with E-state index >= 15 is 0 Å². The van der Waals surface area contributed by atoms with E-state index in [0.29, 0.717) is 39.6 Å². The van der Waals surface area contributed by atoms with Crippen molar-refractivity contribution in [1.29, 1.82) is 0 Å². The molecule has 6 nitrogen and oxygen atoms in total. The monoisotopic (exact) mass is 396 g/mol. The quantitative estimate of drug-likeness (QED) is 0.371. The van der Waals surface area contributed by atoms with Gasteiger partial charge in [-0.05, 0) is 41.5 Å². The van der Waals surface area contributed by atoms with Crippen LogP contribution >= 0.6 is 0 Å². The van der Waals surface area contributed by atoms with E-state index in [1.807, 2.05) is 41.5 Å². The minimum Gasteiger partial charge on any atom is -0.397 e. The van der Waals surface area contributed by atoms with Crippen LogP contribution in [0.3, 0.4) is 0 Å². The van der Waals surface area contributed by atoms with Gasteiger partial charge in [-0.2, -0.15) is 0 Å². The zero-order chi connectivity index (χ0) is 18.1. The first-order valence-electron chi connectivity index (χ1n) is 9.32. The van der Waals surface area contributed by atoms with Crippen molar-refractivity contribution in [3.05, 3.63) is 0 Å². The molecule has 0 bridgehead atoms. The van der Waals surface area contributed by atoms with Gasteiger partial charge in [-0.15, -0.1) is 0 Å². The molecule has 24 heavy (non-hydrogen) atoms. The van der Waals surface area contributed by atoms with Crippen molar-refractivity contribution < 1.29 is 27.2 Å². The second kappa shape index (κ2) is 10.5. The number of hydrogen-bond acceptors (Lipinski definition) is 6. The summed E-state index contributed by atoms with van der Waals surface area (Å²) in [6, 6.07) is 1.45. The van der Waals surface area contributed by atoms with Crippen LogP contribution in [0.2, 0.25) is 12.1 Å². The zero-order valence-corrected chi connectivity index (χ0v) is 19.7. The lowest BCUT2D eigenvalue weighted by Gasteiger charge is -2.50. The number of rotatable bonds is 12. The van der Waals surface area contributed by atoms with Crippen molar-refractivity contribution in [2.75, 3.05) is 39.6 Å². The summed E-state index contributed by atoms with van der Waals surface area (Å²) in [6.07, 6.45) is 0. The highest BCUT2D eigenvalue weighted by Gasteiger charge is 2.64. The van der Waals surface area contributed by atoms with Crippen molar-refractivity contribution in [3.63, 3.8) is 0 Å². The summed E-state index contributed by atoms with van der Waals surface area (Å²) in [5.74, 6) is -0.693. The number of hydrogen-bond donors (Lipinski definition) is 0. The molecule has 1 aliphatic heterocycles. The van der Waals surface area contributed by atoms with E-state index in [2.05, 4.69) is 0 Å². The molecule has 0 unspecified atom stereocenters. The van der Waals surface area contributed by atoms with E-state index in [-0.39, 0.29) is 0 Å². The second-order valence-corrected chi connectivity index (χ2v) is 22.4. The molecule has 0 aromatic rings. The fraction of sp³-hybridized carbons (Fsp3) is 1.00. The van der Waals surface area contributed by atoms with E-state index in [0.717, 1.165) is 12.1 Å². The molecule has 0 saturated carbocycles. The van der Waals surface area contributed by atoms with Crippen LogP contribution in [-0.2, 0) is 27.2 Å². The number of ether oxygens (including phenoxy) is 2. The zero-order valence-electron chi connectivity index (χ0n) is 16.3. The topological polar surface area (TPSA) is 55.4 Å². The smallest absolute Gasteiger partial charge is 0.317 e. The third kappa shape index (κ3) is 5.71. The first-order chi connectivity index (χ1) is 11.5. The van der Waals surface area contributed by atoms with Crippen molar-refractivity contribution in [2.45, 2.75) is 59.4 Å². The predicted molar refractivity (Wildman–Crippen MR) is 102 cm³/mol. The van der Waals surface area contributed by atoms with Gasteiger partial charge < -0.3 is 27.2 Å². The van der Waals surface area contributed by atoms with Gasteiger partial charge in [0.25, 0.3) is 0 Å². The van der Waals surface area contributed by atoms with Crippen LogP contribution in [0.4, 0.5) is 0 Å². The van der Waals surface area contributed by atoms with Crippen molar-refractivity contribution in [2.24, 2.45) is 0 Å². The molecule has 0 N–H and O–H groups in total. The van der Waals surface area contributed by atoms with E-state index < -0.39 is 30.5 Å². The molecule has 0 aromatic heterocycles. The van der Waals surface area contributed by atoms with Crippen LogP contribution in [0.15, 0.2) is 0 Å². The summed E-state index contributed by atoms with van der Waals surface area (Å²) in [5.41, 5.74) is 0. The molecule has 0 amide bonds. The van der Waals surface area contributed by atoms with Gasteiger partial charge in [-0.3, -0.25) is 0 Å². The third-order valence-corrected chi connectivity index (χ3v) is 27.4. The molecule has 0 radical (unpaired) electrons. The lowest BCUT2D eigenvalue weighted by Crippen LogP contribution is -2.73. The van der Waals surface area contributed by atoms with E-state index in [4.69, 9.17) is 27.2 Å². The Morgan fingerprint density at radius 1 is 0.625 bits per heavy atom. The minimum absolute atomic E-state index is 0.590. The molecule has 1 heterocycles. The Balaban J connectivity index is 3.29. The molecule has 1 fully saturated rings. The minimum atomic E-state index is -2.40. The molecule has 0 atom stereocenters. The Hall–Kier alpha value is 0.411. The Kier molecular flexibility index (Phi) is 9.85. The van der Waals surface area contributed by atoms with Gasteiger partial charge >= 0.3 is 16.2 Å². The summed E-state index contributed by atoms with van der Waals surface area (Å²) in [6.45, 7) is 15.9. The van der Waals surface area contributed by atoms with Gasteiger partial charge in [0.15, 0.2) is 5.79 Å². The lowest BCUT2D eigenvalue weighted by molar-refractivity contribution is -0.214. The molecule has 1 saturated heterocycles. The first-order valence-corrected chi connectivity index (χ1v) is 18.0. The van der Waals surface area contributed by atoms with Crippen LogP contribution in [0.25, 0.3) is 0 Å². The average molecular weight is 397 g/mol. The summed E-state index contributed by atoms with van der Waals surface area (Å²) in [4.78, 5) is 0. The Morgan fingerprint density at radius 3 is 1.21 bits per heavy atom. The van der Waals surface area contributed by atoms with Gasteiger partial charge in [0.05, 0.1) is 0 Å². The third-order valence-electron chi connectivity index (χ3n) is 4.06. The molecule has 0 aliphatic carbocycles. The summed E-state index contributed by atoms with van der Waals surface area (Å²) < 4.78 is 37.5. The highest BCUT2D eigenvalue weighted by molar-refractivity contribution is 7.48. The molecule has 0 spiro atoms. The molecule has 9 heteroatoms. The van der Waals surface area contributed by atoms with E-state index in [1.54, 1.807) is 0 Å². The average Bonchev–Trinajstić information content (AvgIpc) is 2.48. The second-order valence-electron chi connectivity index (χ2n) is 5.86. The SMILES string of the molecule is CCOC1(OCC)C[Si](OCC)(OCC)[SiH2][Si](OCC)(OCC)C1. The summed E-state index contributed by atoms with van der Waals surface area (Å²) in [7, 11) is -5.60. The standard InChI is InChI=1S/C15H36O6Si3/c1-7-16-15(17-8-2)13-23(18-9-3,19-10-4)22-24(14-15,20-11-5)21-12-6/h7-14,22H2,1-6H3. The molecule has 1 rings (SSSR count). The maximum Gasteiger partial charge on any atom is 0.317 e. The van der Waals surface area contributed by atoms with Gasteiger partial charge in [-0.25, -0.2) is 0 Å². The Labute approximate surface area is 151 Å². The Bertz CT molecular complexity index is 276.